The molecule has 0 amide bonds. The molecule has 0 radical (unpaired) electrons. The van der Waals surface area contributed by atoms with Gasteiger partial charge in [0.1, 0.15) is 0 Å². The van der Waals surface area contributed by atoms with Crippen LogP contribution in [0.1, 0.15) is 58.3 Å². The SMILES string of the molecule is CC1(CCCCCCCCCO)OCCO1. The number of aliphatic hydroxyl groups is 1. The van der Waals surface area contributed by atoms with E-state index in [2.05, 4.69) is 0 Å². The minimum absolute atomic E-state index is 0.295. The summed E-state index contributed by atoms with van der Waals surface area (Å²) in [7, 11) is 0. The molecule has 0 aliphatic carbocycles. The Morgan fingerprint density at radius 3 is 1.94 bits per heavy atom. The highest BCUT2D eigenvalue weighted by atomic mass is 16.7. The van der Waals surface area contributed by atoms with Crippen LogP contribution in [0.5, 0.6) is 0 Å². The van der Waals surface area contributed by atoms with Gasteiger partial charge in [-0.05, 0) is 19.8 Å². The van der Waals surface area contributed by atoms with Gasteiger partial charge >= 0.3 is 0 Å². The number of hydrogen-bond acceptors (Lipinski definition) is 3. The summed E-state index contributed by atoms with van der Waals surface area (Å²) >= 11 is 0. The summed E-state index contributed by atoms with van der Waals surface area (Å²) in [5.41, 5.74) is 0. The van der Waals surface area contributed by atoms with E-state index in [1.54, 1.807) is 0 Å². The lowest BCUT2D eigenvalue weighted by molar-refractivity contribution is -0.147. The number of hydrogen-bond donors (Lipinski definition) is 1. The van der Waals surface area contributed by atoms with Gasteiger partial charge in [0.25, 0.3) is 0 Å². The standard InChI is InChI=1S/C13H26O3/c1-13(15-11-12-16-13)9-7-5-3-2-4-6-8-10-14/h14H,2-12H2,1H3. The van der Waals surface area contributed by atoms with Crippen LogP contribution in [0.4, 0.5) is 0 Å². The molecule has 0 saturated carbocycles. The number of rotatable bonds is 9. The molecule has 1 aliphatic heterocycles. The minimum atomic E-state index is -0.295. The first-order valence-corrected chi connectivity index (χ1v) is 6.66. The molecule has 1 rings (SSSR count). The minimum Gasteiger partial charge on any atom is -0.396 e. The van der Waals surface area contributed by atoms with Crippen molar-refractivity contribution in [1.29, 1.82) is 0 Å². The van der Waals surface area contributed by atoms with Crippen LogP contribution in [0.3, 0.4) is 0 Å². The zero-order valence-electron chi connectivity index (χ0n) is 10.5. The van der Waals surface area contributed by atoms with Gasteiger partial charge in [0.15, 0.2) is 5.79 Å². The van der Waals surface area contributed by atoms with Gasteiger partial charge in [0.05, 0.1) is 13.2 Å². The molecule has 1 fully saturated rings. The molecule has 0 bridgehead atoms. The molecular formula is C13H26O3. The average molecular weight is 230 g/mol. The Labute approximate surface area is 99.1 Å². The maximum absolute atomic E-state index is 8.63. The monoisotopic (exact) mass is 230 g/mol. The molecule has 96 valence electrons. The maximum atomic E-state index is 8.63. The molecule has 3 heteroatoms. The van der Waals surface area contributed by atoms with E-state index in [-0.39, 0.29) is 5.79 Å². The highest BCUT2D eigenvalue weighted by Crippen LogP contribution is 2.25. The normalized spacial score (nSPS) is 19.1. The molecule has 16 heavy (non-hydrogen) atoms. The Hall–Kier alpha value is -0.120. The Kier molecular flexibility index (Phi) is 7.01. The summed E-state index contributed by atoms with van der Waals surface area (Å²) in [4.78, 5) is 0. The smallest absolute Gasteiger partial charge is 0.165 e. The molecule has 0 aromatic rings. The third-order valence-corrected chi connectivity index (χ3v) is 3.19. The molecule has 0 aromatic carbocycles. The van der Waals surface area contributed by atoms with Crippen molar-refractivity contribution in [2.75, 3.05) is 19.8 Å². The fourth-order valence-electron chi connectivity index (χ4n) is 2.14. The second-order valence-corrected chi connectivity index (χ2v) is 4.78. The van der Waals surface area contributed by atoms with E-state index < -0.39 is 0 Å². The highest BCUT2D eigenvalue weighted by molar-refractivity contribution is 4.67. The third kappa shape index (κ3) is 5.83. The summed E-state index contributed by atoms with van der Waals surface area (Å²) in [6.45, 7) is 3.88. The second kappa shape index (κ2) is 8.04. The molecule has 1 heterocycles. The second-order valence-electron chi connectivity index (χ2n) is 4.78. The van der Waals surface area contributed by atoms with Crippen LogP contribution in [0.25, 0.3) is 0 Å². The Morgan fingerprint density at radius 2 is 1.38 bits per heavy atom. The van der Waals surface area contributed by atoms with Gasteiger partial charge in [-0.25, -0.2) is 0 Å². The quantitative estimate of drug-likeness (QED) is 0.619. The first kappa shape index (κ1) is 13.9. The van der Waals surface area contributed by atoms with Crippen molar-refractivity contribution in [3.63, 3.8) is 0 Å². The van der Waals surface area contributed by atoms with Crippen molar-refractivity contribution in [2.45, 2.75) is 64.1 Å². The number of aliphatic hydroxyl groups excluding tert-OH is 1. The van der Waals surface area contributed by atoms with Gasteiger partial charge < -0.3 is 14.6 Å². The van der Waals surface area contributed by atoms with Crippen LogP contribution in [-0.4, -0.2) is 30.7 Å². The van der Waals surface area contributed by atoms with E-state index >= 15 is 0 Å². The molecule has 0 aromatic heterocycles. The molecule has 1 N–H and O–H groups in total. The van der Waals surface area contributed by atoms with Crippen LogP contribution >= 0.6 is 0 Å². The molecule has 0 atom stereocenters. The van der Waals surface area contributed by atoms with Crippen LogP contribution < -0.4 is 0 Å². The fraction of sp³-hybridized carbons (Fsp3) is 1.00. The number of ether oxygens (including phenoxy) is 2. The van der Waals surface area contributed by atoms with Crippen LogP contribution in [0.2, 0.25) is 0 Å². The van der Waals surface area contributed by atoms with Crippen molar-refractivity contribution >= 4 is 0 Å². The average Bonchev–Trinajstić information content (AvgIpc) is 2.70. The zero-order chi connectivity index (χ0) is 11.7. The van der Waals surface area contributed by atoms with Gasteiger partial charge in [-0.1, -0.05) is 32.1 Å². The largest absolute Gasteiger partial charge is 0.396 e. The first-order chi connectivity index (χ1) is 7.77. The van der Waals surface area contributed by atoms with Crippen molar-refractivity contribution in [2.24, 2.45) is 0 Å². The van der Waals surface area contributed by atoms with Crippen LogP contribution in [0.15, 0.2) is 0 Å². The van der Waals surface area contributed by atoms with Gasteiger partial charge in [-0.3, -0.25) is 0 Å². The lowest BCUT2D eigenvalue weighted by Gasteiger charge is -2.21. The van der Waals surface area contributed by atoms with Crippen LogP contribution in [0, 0.1) is 0 Å². The molecule has 1 saturated heterocycles. The predicted octanol–water partition coefficient (Wildman–Crippen LogP) is 2.86. The summed E-state index contributed by atoms with van der Waals surface area (Å²) in [6, 6.07) is 0. The van der Waals surface area contributed by atoms with Gasteiger partial charge in [-0.15, -0.1) is 0 Å². The molecule has 0 unspecified atom stereocenters. The lowest BCUT2D eigenvalue weighted by Crippen LogP contribution is -2.24. The van der Waals surface area contributed by atoms with Crippen molar-refractivity contribution in [3.8, 4) is 0 Å². The predicted molar refractivity (Wildman–Crippen MR) is 64.3 cm³/mol. The molecular weight excluding hydrogens is 204 g/mol. The maximum Gasteiger partial charge on any atom is 0.165 e. The fourth-order valence-corrected chi connectivity index (χ4v) is 2.14. The van der Waals surface area contributed by atoms with Crippen molar-refractivity contribution < 1.29 is 14.6 Å². The summed E-state index contributed by atoms with van der Waals surface area (Å²) in [6.07, 6.45) is 9.44. The van der Waals surface area contributed by atoms with E-state index in [4.69, 9.17) is 14.6 Å². The summed E-state index contributed by atoms with van der Waals surface area (Å²) < 4.78 is 11.1. The Bertz CT molecular complexity index is 165. The molecule has 0 spiro atoms. The third-order valence-electron chi connectivity index (χ3n) is 3.19. The van der Waals surface area contributed by atoms with E-state index in [0.717, 1.165) is 26.1 Å². The molecule has 3 nitrogen and oxygen atoms in total. The van der Waals surface area contributed by atoms with E-state index in [1.807, 2.05) is 6.92 Å². The molecule has 1 aliphatic rings. The van der Waals surface area contributed by atoms with E-state index in [9.17, 15) is 0 Å². The van der Waals surface area contributed by atoms with Gasteiger partial charge in [-0.2, -0.15) is 0 Å². The van der Waals surface area contributed by atoms with Crippen molar-refractivity contribution in [1.82, 2.24) is 0 Å². The number of unbranched alkanes of at least 4 members (excludes halogenated alkanes) is 6. The van der Waals surface area contributed by atoms with E-state index in [1.165, 1.54) is 38.5 Å². The lowest BCUT2D eigenvalue weighted by atomic mass is 10.1. The van der Waals surface area contributed by atoms with Gasteiger partial charge in [0.2, 0.25) is 0 Å². The van der Waals surface area contributed by atoms with Crippen molar-refractivity contribution in [3.05, 3.63) is 0 Å². The summed E-state index contributed by atoms with van der Waals surface area (Å²) in [5.74, 6) is -0.295. The summed E-state index contributed by atoms with van der Waals surface area (Å²) in [5, 5.41) is 8.63. The first-order valence-electron chi connectivity index (χ1n) is 6.66. The topological polar surface area (TPSA) is 38.7 Å². The highest BCUT2D eigenvalue weighted by Gasteiger charge is 2.29. The van der Waals surface area contributed by atoms with Gasteiger partial charge in [0, 0.05) is 13.0 Å². The zero-order valence-corrected chi connectivity index (χ0v) is 10.5. The van der Waals surface area contributed by atoms with Crippen LogP contribution in [-0.2, 0) is 9.47 Å². The Morgan fingerprint density at radius 1 is 0.875 bits per heavy atom. The van der Waals surface area contributed by atoms with E-state index in [0.29, 0.717) is 6.61 Å². The Balaban J connectivity index is 1.84.